The summed E-state index contributed by atoms with van der Waals surface area (Å²) in [5, 5.41) is 3.71. The summed E-state index contributed by atoms with van der Waals surface area (Å²) >= 11 is 0. The fourth-order valence-electron chi connectivity index (χ4n) is 2.88. The van der Waals surface area contributed by atoms with Crippen LogP contribution in [-0.4, -0.2) is 36.6 Å². The van der Waals surface area contributed by atoms with Gasteiger partial charge in [-0.3, -0.25) is 4.79 Å². The predicted octanol–water partition coefficient (Wildman–Crippen LogP) is 2.76. The van der Waals surface area contributed by atoms with Gasteiger partial charge in [0.1, 0.15) is 11.8 Å². The normalized spacial score (nSPS) is 11.8. The molecule has 2 aromatic carbocycles. The summed E-state index contributed by atoms with van der Waals surface area (Å²) < 4.78 is 10.3. The van der Waals surface area contributed by atoms with E-state index in [1.807, 2.05) is 49.5 Å². The third kappa shape index (κ3) is 4.67. The van der Waals surface area contributed by atoms with Crippen LogP contribution in [0, 0.1) is 6.92 Å². The van der Waals surface area contributed by atoms with Crippen molar-refractivity contribution in [3.63, 3.8) is 0 Å². The van der Waals surface area contributed by atoms with E-state index in [0.717, 1.165) is 22.0 Å². The summed E-state index contributed by atoms with van der Waals surface area (Å²) in [5.41, 5.74) is 3.02. The molecule has 0 aliphatic carbocycles. The zero-order valence-corrected chi connectivity index (χ0v) is 15.3. The van der Waals surface area contributed by atoms with Gasteiger partial charge in [-0.25, -0.2) is 4.79 Å². The third-order valence-electron chi connectivity index (χ3n) is 4.31. The molecule has 140 valence electrons. The van der Waals surface area contributed by atoms with E-state index in [1.54, 1.807) is 12.1 Å². The van der Waals surface area contributed by atoms with Crippen LogP contribution in [0.2, 0.25) is 0 Å². The first kappa shape index (κ1) is 18.5. The van der Waals surface area contributed by atoms with Gasteiger partial charge in [0.05, 0.1) is 7.11 Å². The summed E-state index contributed by atoms with van der Waals surface area (Å²) in [4.78, 5) is 27.6. The number of H-pyrrole nitrogens is 1. The number of carbonyl (C=O) groups excluding carboxylic acids is 2. The number of carbonyl (C=O) groups is 2. The van der Waals surface area contributed by atoms with Crippen LogP contribution in [0.4, 0.5) is 0 Å². The Morgan fingerprint density at radius 1 is 1.11 bits per heavy atom. The summed E-state index contributed by atoms with van der Waals surface area (Å²) in [6.07, 6.45) is 2.17. The lowest BCUT2D eigenvalue weighted by Crippen LogP contribution is -2.44. The largest absolute Gasteiger partial charge is 0.484 e. The molecule has 0 aliphatic heterocycles. The van der Waals surface area contributed by atoms with Crippen molar-refractivity contribution in [3.05, 3.63) is 65.9 Å². The van der Waals surface area contributed by atoms with E-state index < -0.39 is 12.0 Å². The molecule has 6 nitrogen and oxygen atoms in total. The molecule has 1 atom stereocenters. The van der Waals surface area contributed by atoms with Crippen LogP contribution in [0.5, 0.6) is 5.75 Å². The first-order valence-corrected chi connectivity index (χ1v) is 8.68. The predicted molar refractivity (Wildman–Crippen MR) is 103 cm³/mol. The quantitative estimate of drug-likeness (QED) is 0.630. The molecule has 1 amide bonds. The van der Waals surface area contributed by atoms with Crippen LogP contribution in [0.25, 0.3) is 10.9 Å². The molecule has 27 heavy (non-hydrogen) atoms. The van der Waals surface area contributed by atoms with Crippen LogP contribution in [0.15, 0.2) is 54.7 Å². The lowest BCUT2D eigenvalue weighted by atomic mass is 10.0. The highest BCUT2D eigenvalue weighted by molar-refractivity contribution is 5.87. The summed E-state index contributed by atoms with van der Waals surface area (Å²) in [6.45, 7) is 1.80. The molecule has 2 N–H and O–H groups in total. The Kier molecular flexibility index (Phi) is 5.76. The number of hydrogen-bond acceptors (Lipinski definition) is 4. The van der Waals surface area contributed by atoms with Gasteiger partial charge in [-0.05, 0) is 30.7 Å². The number of ether oxygens (including phenoxy) is 2. The summed E-state index contributed by atoms with van der Waals surface area (Å²) in [7, 11) is 1.31. The van der Waals surface area contributed by atoms with Crippen LogP contribution < -0.4 is 10.1 Å². The van der Waals surface area contributed by atoms with Crippen molar-refractivity contribution in [2.45, 2.75) is 19.4 Å². The van der Waals surface area contributed by atoms with Crippen molar-refractivity contribution in [2.75, 3.05) is 13.7 Å². The number of esters is 1. The highest BCUT2D eigenvalue weighted by Gasteiger charge is 2.23. The van der Waals surface area contributed by atoms with E-state index in [4.69, 9.17) is 9.47 Å². The minimum absolute atomic E-state index is 0.176. The molecule has 0 fully saturated rings. The Morgan fingerprint density at radius 3 is 2.59 bits per heavy atom. The van der Waals surface area contributed by atoms with Gasteiger partial charge in [-0.1, -0.05) is 35.9 Å². The molecular formula is C21H22N2O4. The van der Waals surface area contributed by atoms with Gasteiger partial charge in [-0.15, -0.1) is 0 Å². The average Bonchev–Trinajstić information content (AvgIpc) is 3.09. The molecule has 0 saturated heterocycles. The fraction of sp³-hybridized carbons (Fsp3) is 0.238. The maximum atomic E-state index is 12.3. The zero-order valence-electron chi connectivity index (χ0n) is 15.3. The Balaban J connectivity index is 1.65. The van der Waals surface area contributed by atoms with Crippen LogP contribution in [0.3, 0.4) is 0 Å². The molecule has 0 bridgehead atoms. The average molecular weight is 366 g/mol. The Bertz CT molecular complexity index is 931. The van der Waals surface area contributed by atoms with E-state index in [2.05, 4.69) is 10.3 Å². The van der Waals surface area contributed by atoms with Crippen molar-refractivity contribution < 1.29 is 19.1 Å². The van der Waals surface area contributed by atoms with Gasteiger partial charge in [0.2, 0.25) is 0 Å². The summed E-state index contributed by atoms with van der Waals surface area (Å²) in [6, 6.07) is 14.4. The third-order valence-corrected chi connectivity index (χ3v) is 4.31. The van der Waals surface area contributed by atoms with E-state index in [0.29, 0.717) is 12.2 Å². The number of rotatable bonds is 7. The number of amides is 1. The minimum atomic E-state index is -0.789. The molecule has 3 aromatic rings. The molecule has 1 heterocycles. The van der Waals surface area contributed by atoms with Crippen LogP contribution in [-0.2, 0) is 20.7 Å². The number of aryl methyl sites for hydroxylation is 1. The SMILES string of the molecule is COC(=O)C(Cc1c[nH]c2ccccc12)NC(=O)COc1ccc(C)cc1. The van der Waals surface area contributed by atoms with Crippen LogP contribution in [0.1, 0.15) is 11.1 Å². The molecule has 0 spiro atoms. The topological polar surface area (TPSA) is 80.4 Å². The van der Waals surface area contributed by atoms with E-state index in [-0.39, 0.29) is 12.5 Å². The molecule has 1 aromatic heterocycles. The maximum absolute atomic E-state index is 12.3. The second-order valence-corrected chi connectivity index (χ2v) is 6.31. The highest BCUT2D eigenvalue weighted by atomic mass is 16.5. The molecule has 6 heteroatoms. The van der Waals surface area contributed by atoms with Crippen molar-refractivity contribution >= 4 is 22.8 Å². The number of fused-ring (bicyclic) bond motifs is 1. The Labute approximate surface area is 157 Å². The Hall–Kier alpha value is -3.28. The van der Waals surface area contributed by atoms with E-state index in [9.17, 15) is 9.59 Å². The fourth-order valence-corrected chi connectivity index (χ4v) is 2.88. The molecular weight excluding hydrogens is 344 g/mol. The lowest BCUT2D eigenvalue weighted by Gasteiger charge is -2.16. The maximum Gasteiger partial charge on any atom is 0.328 e. The number of aromatic nitrogens is 1. The zero-order chi connectivity index (χ0) is 19.2. The second-order valence-electron chi connectivity index (χ2n) is 6.31. The van der Waals surface area contributed by atoms with E-state index >= 15 is 0 Å². The molecule has 1 unspecified atom stereocenters. The standard InChI is InChI=1S/C21H22N2O4/c1-14-7-9-16(10-8-14)27-13-20(24)23-19(21(25)26-2)11-15-12-22-18-6-4-3-5-17(15)18/h3-10,12,19,22H,11,13H2,1-2H3,(H,23,24). The number of nitrogens with one attached hydrogen (secondary N) is 2. The second kappa shape index (κ2) is 8.40. The molecule has 0 radical (unpaired) electrons. The lowest BCUT2D eigenvalue weighted by molar-refractivity contribution is -0.145. The first-order valence-electron chi connectivity index (χ1n) is 8.68. The summed E-state index contributed by atoms with van der Waals surface area (Å²) in [5.74, 6) is -0.281. The van der Waals surface area contributed by atoms with Gasteiger partial charge in [-0.2, -0.15) is 0 Å². The highest BCUT2D eigenvalue weighted by Crippen LogP contribution is 2.19. The van der Waals surface area contributed by atoms with Gasteiger partial charge in [0.25, 0.3) is 5.91 Å². The van der Waals surface area contributed by atoms with Crippen molar-refractivity contribution in [2.24, 2.45) is 0 Å². The number of hydrogen-bond donors (Lipinski definition) is 2. The molecule has 0 aliphatic rings. The first-order chi connectivity index (χ1) is 13.1. The van der Waals surface area contributed by atoms with Crippen molar-refractivity contribution in [3.8, 4) is 5.75 Å². The number of aromatic amines is 1. The van der Waals surface area contributed by atoms with E-state index in [1.165, 1.54) is 7.11 Å². The molecule has 0 saturated carbocycles. The Morgan fingerprint density at radius 2 is 1.85 bits per heavy atom. The van der Waals surface area contributed by atoms with Crippen molar-refractivity contribution in [1.29, 1.82) is 0 Å². The number of benzene rings is 2. The van der Waals surface area contributed by atoms with Gasteiger partial charge >= 0.3 is 5.97 Å². The minimum Gasteiger partial charge on any atom is -0.484 e. The number of methoxy groups -OCH3 is 1. The van der Waals surface area contributed by atoms with Crippen molar-refractivity contribution in [1.82, 2.24) is 10.3 Å². The molecule has 3 rings (SSSR count). The number of para-hydroxylation sites is 1. The monoisotopic (exact) mass is 366 g/mol. The van der Waals surface area contributed by atoms with Crippen LogP contribution >= 0.6 is 0 Å². The van der Waals surface area contributed by atoms with Gasteiger partial charge in [0, 0.05) is 23.5 Å². The van der Waals surface area contributed by atoms with Gasteiger partial charge < -0.3 is 19.8 Å². The van der Waals surface area contributed by atoms with Gasteiger partial charge in [0.15, 0.2) is 6.61 Å². The smallest absolute Gasteiger partial charge is 0.328 e.